The van der Waals surface area contributed by atoms with E-state index in [1.54, 1.807) is 58.2 Å². The maximum Gasteiger partial charge on any atom is 0.262 e. The summed E-state index contributed by atoms with van der Waals surface area (Å²) in [6.45, 7) is 0.0800. The van der Waals surface area contributed by atoms with Gasteiger partial charge in [0.05, 0.1) is 5.69 Å². The average molecular weight is 462 g/mol. The van der Waals surface area contributed by atoms with Crippen LogP contribution in [0.5, 0.6) is 11.5 Å². The Morgan fingerprint density at radius 3 is 2.70 bits per heavy atom. The fraction of sp³-hybridized carbons (Fsp3) is 0.240. The molecule has 0 atom stereocenters. The van der Waals surface area contributed by atoms with E-state index >= 15 is 0 Å². The summed E-state index contributed by atoms with van der Waals surface area (Å²) in [7, 11) is 0. The van der Waals surface area contributed by atoms with Gasteiger partial charge in [-0.15, -0.1) is 11.3 Å². The molecule has 0 radical (unpaired) electrons. The number of ether oxygens (including phenoxy) is 2. The molecule has 2 heterocycles. The summed E-state index contributed by atoms with van der Waals surface area (Å²) in [4.78, 5) is 31.5. The summed E-state index contributed by atoms with van der Waals surface area (Å²) >= 11 is 1.60. The van der Waals surface area contributed by atoms with Gasteiger partial charge in [0, 0.05) is 28.4 Å². The highest BCUT2D eigenvalue weighted by Gasteiger charge is 2.18. The maximum absolute atomic E-state index is 12.7. The summed E-state index contributed by atoms with van der Waals surface area (Å²) in [5, 5.41) is 2.80. The molecule has 2 aromatic carbocycles. The van der Waals surface area contributed by atoms with Crippen LogP contribution in [-0.2, 0) is 24.2 Å². The number of amides is 1. The van der Waals surface area contributed by atoms with E-state index in [2.05, 4.69) is 10.3 Å². The van der Waals surface area contributed by atoms with Crippen LogP contribution < -0.4 is 20.3 Å². The quantitative estimate of drug-likeness (QED) is 0.445. The number of anilines is 1. The van der Waals surface area contributed by atoms with Gasteiger partial charge in [0.1, 0.15) is 18.1 Å². The van der Waals surface area contributed by atoms with Crippen molar-refractivity contribution in [1.82, 2.24) is 9.38 Å². The zero-order chi connectivity index (χ0) is 22.6. The second-order valence-corrected chi connectivity index (χ2v) is 8.91. The number of nitrogens with one attached hydrogen (secondary N) is 1. The lowest BCUT2D eigenvalue weighted by Crippen LogP contribution is -2.20. The number of hydrogen-bond acceptors (Lipinski definition) is 6. The van der Waals surface area contributed by atoms with Gasteiger partial charge in [0.25, 0.3) is 11.5 Å². The Morgan fingerprint density at radius 2 is 1.82 bits per heavy atom. The van der Waals surface area contributed by atoms with Crippen molar-refractivity contribution in [3.05, 3.63) is 87.3 Å². The average Bonchev–Trinajstić information content (AvgIpc) is 3.21. The highest BCUT2D eigenvalue weighted by molar-refractivity contribution is 7.17. The summed E-state index contributed by atoms with van der Waals surface area (Å²) in [6, 6.07) is 17.8. The first-order valence-electron chi connectivity index (χ1n) is 10.9. The van der Waals surface area contributed by atoms with Gasteiger partial charge in [-0.3, -0.25) is 14.0 Å². The van der Waals surface area contributed by atoms with E-state index < -0.39 is 0 Å². The van der Waals surface area contributed by atoms with Crippen molar-refractivity contribution in [3.63, 3.8) is 0 Å². The Bertz CT molecular complexity index is 1350. The normalized spacial score (nSPS) is 12.8. The summed E-state index contributed by atoms with van der Waals surface area (Å²) in [5.74, 6) is 0.943. The maximum atomic E-state index is 12.7. The Labute approximate surface area is 194 Å². The number of rotatable bonds is 7. The fourth-order valence-electron chi connectivity index (χ4n) is 3.90. The van der Waals surface area contributed by atoms with Crippen molar-refractivity contribution in [2.75, 3.05) is 11.9 Å². The second-order valence-electron chi connectivity index (χ2n) is 7.85. The lowest BCUT2D eigenvalue weighted by molar-refractivity contribution is -0.118. The molecule has 0 saturated carbocycles. The van der Waals surface area contributed by atoms with E-state index in [4.69, 9.17) is 9.47 Å². The Balaban J connectivity index is 1.22. The number of nitrogens with zero attached hydrogens (tertiary/aromatic N) is 2. The van der Waals surface area contributed by atoms with Crippen molar-refractivity contribution in [2.45, 2.75) is 32.3 Å². The number of benzene rings is 2. The van der Waals surface area contributed by atoms with Crippen molar-refractivity contribution in [2.24, 2.45) is 0 Å². The Kier molecular flexibility index (Phi) is 6.08. The highest BCUT2D eigenvalue weighted by atomic mass is 32.1. The molecule has 0 fully saturated rings. The largest absolute Gasteiger partial charge is 0.487 e. The van der Waals surface area contributed by atoms with Crippen LogP contribution >= 0.6 is 11.3 Å². The minimum Gasteiger partial charge on any atom is -0.487 e. The molecule has 1 aliphatic carbocycles. The summed E-state index contributed by atoms with van der Waals surface area (Å²) < 4.78 is 13.1. The molecule has 33 heavy (non-hydrogen) atoms. The highest BCUT2D eigenvalue weighted by Crippen LogP contribution is 2.28. The number of aromatic nitrogens is 2. The molecular formula is C25H23N3O4S. The lowest BCUT2D eigenvalue weighted by Gasteiger charge is -2.11. The van der Waals surface area contributed by atoms with E-state index in [0.29, 0.717) is 22.9 Å². The molecule has 0 bridgehead atoms. The number of para-hydroxylation sites is 1. The molecule has 0 spiro atoms. The van der Waals surface area contributed by atoms with E-state index in [1.165, 1.54) is 4.88 Å². The van der Waals surface area contributed by atoms with Gasteiger partial charge < -0.3 is 14.8 Å². The van der Waals surface area contributed by atoms with Gasteiger partial charge in [0.15, 0.2) is 11.6 Å². The summed E-state index contributed by atoms with van der Waals surface area (Å²) in [6.07, 6.45) is 4.22. The molecule has 1 amide bonds. The number of hydrogen-bond donors (Lipinski definition) is 1. The molecule has 0 aliphatic heterocycles. The minimum atomic E-state index is -0.266. The van der Waals surface area contributed by atoms with Crippen molar-refractivity contribution >= 4 is 27.9 Å². The van der Waals surface area contributed by atoms with Crippen LogP contribution in [-0.4, -0.2) is 21.9 Å². The molecule has 8 heteroatoms. The molecule has 1 aliphatic rings. The van der Waals surface area contributed by atoms with Crippen molar-refractivity contribution in [1.29, 1.82) is 0 Å². The molecule has 0 unspecified atom stereocenters. The van der Waals surface area contributed by atoms with Crippen LogP contribution in [0, 0.1) is 0 Å². The summed E-state index contributed by atoms with van der Waals surface area (Å²) in [5.41, 5.74) is 2.25. The molecule has 5 rings (SSSR count). The van der Waals surface area contributed by atoms with Gasteiger partial charge in [-0.05, 0) is 49.9 Å². The van der Waals surface area contributed by atoms with Crippen LogP contribution in [0.3, 0.4) is 0 Å². The standard InChI is InChI=1S/C25H23N3O4S/c29-23(16-32-19-8-2-1-3-9-19)26-17-7-6-10-20(13-17)31-15-18-14-24(30)28-21-11-4-5-12-22(21)33-25(28)27-18/h1-3,6-10,13-14H,4-5,11-12,15-16H2,(H,26,29). The smallest absolute Gasteiger partial charge is 0.262 e. The SMILES string of the molecule is O=C(COc1ccccc1)Nc1cccc(OCc2cc(=O)n3c4c(sc3n2)CCCC4)c1. The van der Waals surface area contributed by atoms with Gasteiger partial charge in [-0.2, -0.15) is 0 Å². The topological polar surface area (TPSA) is 81.9 Å². The van der Waals surface area contributed by atoms with Crippen LogP contribution in [0.25, 0.3) is 4.96 Å². The first kappa shape index (κ1) is 21.2. The first-order valence-corrected chi connectivity index (χ1v) is 11.7. The third-order valence-corrected chi connectivity index (χ3v) is 6.57. The number of aryl methyl sites for hydroxylation is 2. The fourth-order valence-corrected chi connectivity index (χ4v) is 5.13. The zero-order valence-electron chi connectivity index (χ0n) is 18.0. The van der Waals surface area contributed by atoms with Crippen LogP contribution in [0.2, 0.25) is 0 Å². The molecule has 1 N–H and O–H groups in total. The van der Waals surface area contributed by atoms with Gasteiger partial charge in [0.2, 0.25) is 0 Å². The number of fused-ring (bicyclic) bond motifs is 3. The van der Waals surface area contributed by atoms with Gasteiger partial charge >= 0.3 is 0 Å². The first-order chi connectivity index (χ1) is 16.2. The predicted octanol–water partition coefficient (Wildman–Crippen LogP) is 4.23. The lowest BCUT2D eigenvalue weighted by atomic mass is 10.0. The van der Waals surface area contributed by atoms with Gasteiger partial charge in [-0.1, -0.05) is 24.3 Å². The van der Waals surface area contributed by atoms with Crippen molar-refractivity contribution < 1.29 is 14.3 Å². The molecule has 2 aromatic heterocycles. The van der Waals surface area contributed by atoms with E-state index in [9.17, 15) is 9.59 Å². The van der Waals surface area contributed by atoms with E-state index in [1.807, 2.05) is 18.2 Å². The predicted molar refractivity (Wildman–Crippen MR) is 127 cm³/mol. The monoisotopic (exact) mass is 461 g/mol. The van der Waals surface area contributed by atoms with E-state index in [-0.39, 0.29) is 24.7 Å². The molecular weight excluding hydrogens is 438 g/mol. The van der Waals surface area contributed by atoms with Gasteiger partial charge in [-0.25, -0.2) is 4.98 Å². The Morgan fingerprint density at radius 1 is 1.00 bits per heavy atom. The van der Waals surface area contributed by atoms with Crippen LogP contribution in [0.1, 0.15) is 29.1 Å². The van der Waals surface area contributed by atoms with E-state index in [0.717, 1.165) is 36.3 Å². The van der Waals surface area contributed by atoms with Crippen LogP contribution in [0.4, 0.5) is 5.69 Å². The number of thiazole rings is 1. The third kappa shape index (κ3) is 4.90. The second kappa shape index (κ2) is 9.46. The molecule has 7 nitrogen and oxygen atoms in total. The molecule has 0 saturated heterocycles. The number of carbonyl (C=O) groups excluding carboxylic acids is 1. The van der Waals surface area contributed by atoms with Crippen LogP contribution in [0.15, 0.2) is 65.5 Å². The zero-order valence-corrected chi connectivity index (χ0v) is 18.8. The Hall–Kier alpha value is -3.65. The molecule has 4 aromatic rings. The van der Waals surface area contributed by atoms with Crippen molar-refractivity contribution in [3.8, 4) is 11.5 Å². The molecule has 168 valence electrons. The third-order valence-electron chi connectivity index (χ3n) is 5.43. The number of carbonyl (C=O) groups is 1. The minimum absolute atomic E-state index is 0.0579.